The van der Waals surface area contributed by atoms with E-state index in [4.69, 9.17) is 4.74 Å². The quantitative estimate of drug-likeness (QED) is 0.661. The van der Waals surface area contributed by atoms with Crippen LogP contribution in [0.3, 0.4) is 0 Å². The van der Waals surface area contributed by atoms with Gasteiger partial charge in [0.15, 0.2) is 11.5 Å². The highest BCUT2D eigenvalue weighted by atomic mass is 16.5. The molecule has 0 bridgehead atoms. The van der Waals surface area contributed by atoms with Gasteiger partial charge >= 0.3 is 0 Å². The van der Waals surface area contributed by atoms with E-state index in [1.54, 1.807) is 19.2 Å². The van der Waals surface area contributed by atoms with Gasteiger partial charge in [-0.3, -0.25) is 4.79 Å². The first-order chi connectivity index (χ1) is 14.2. The van der Waals surface area contributed by atoms with Crippen LogP contribution in [0.2, 0.25) is 0 Å². The van der Waals surface area contributed by atoms with Crippen molar-refractivity contribution in [2.45, 2.75) is 12.8 Å². The molecule has 1 amide bonds. The van der Waals surface area contributed by atoms with Gasteiger partial charge in [-0.25, -0.2) is 0 Å². The lowest BCUT2D eigenvalue weighted by atomic mass is 10.2. The fourth-order valence-corrected chi connectivity index (χ4v) is 3.29. The van der Waals surface area contributed by atoms with Crippen LogP contribution in [0.25, 0.3) is 0 Å². The highest BCUT2D eigenvalue weighted by Crippen LogP contribution is 2.23. The van der Waals surface area contributed by atoms with Crippen LogP contribution in [0.1, 0.15) is 23.3 Å². The van der Waals surface area contributed by atoms with E-state index in [2.05, 4.69) is 25.7 Å². The summed E-state index contributed by atoms with van der Waals surface area (Å²) >= 11 is 0. The lowest BCUT2D eigenvalue weighted by molar-refractivity contribution is 0.102. The van der Waals surface area contributed by atoms with Crippen molar-refractivity contribution in [2.24, 2.45) is 0 Å². The summed E-state index contributed by atoms with van der Waals surface area (Å²) in [5, 5.41) is 14.1. The number of benzene rings is 2. The molecule has 1 aromatic heterocycles. The number of nitrogens with zero attached hydrogens (tertiary/aromatic N) is 3. The molecule has 1 aliphatic heterocycles. The lowest BCUT2D eigenvalue weighted by Crippen LogP contribution is -2.18. The molecular weight excluding hydrogens is 366 g/mol. The van der Waals surface area contributed by atoms with E-state index in [0.29, 0.717) is 5.82 Å². The van der Waals surface area contributed by atoms with Crippen molar-refractivity contribution in [3.8, 4) is 5.75 Å². The molecule has 2 aromatic carbocycles. The van der Waals surface area contributed by atoms with Crippen LogP contribution in [-0.2, 0) is 0 Å². The summed E-state index contributed by atoms with van der Waals surface area (Å²) in [6, 6.07) is 18.8. The number of ether oxygens (including phenoxy) is 1. The van der Waals surface area contributed by atoms with Crippen LogP contribution in [0.5, 0.6) is 5.75 Å². The standard InChI is InChI=1S/C22H23N5O2/c1-29-19-6-4-5-17(15-19)23-21-12-11-20(25-26-21)22(28)24-16-7-9-18(10-8-16)27-13-2-3-14-27/h4-12,15H,2-3,13-14H2,1H3,(H,23,26)(H,24,28). The van der Waals surface area contributed by atoms with E-state index >= 15 is 0 Å². The van der Waals surface area contributed by atoms with Crippen LogP contribution >= 0.6 is 0 Å². The third-order valence-electron chi connectivity index (χ3n) is 4.84. The Bertz CT molecular complexity index is 967. The zero-order chi connectivity index (χ0) is 20.1. The van der Waals surface area contributed by atoms with Gasteiger partial charge in [0.05, 0.1) is 7.11 Å². The molecular formula is C22H23N5O2. The Kier molecular flexibility index (Phi) is 5.56. The first kappa shape index (κ1) is 18.7. The SMILES string of the molecule is COc1cccc(Nc2ccc(C(=O)Nc3ccc(N4CCCC4)cc3)nn2)c1. The first-order valence-electron chi connectivity index (χ1n) is 9.62. The molecule has 7 heteroatoms. The van der Waals surface area contributed by atoms with Gasteiger partial charge in [0.2, 0.25) is 0 Å². The van der Waals surface area contributed by atoms with Gasteiger partial charge in [0.1, 0.15) is 5.75 Å². The predicted octanol–water partition coefficient (Wildman–Crippen LogP) is 4.08. The van der Waals surface area contributed by atoms with Gasteiger partial charge < -0.3 is 20.3 Å². The minimum absolute atomic E-state index is 0.254. The van der Waals surface area contributed by atoms with Gasteiger partial charge in [0.25, 0.3) is 5.91 Å². The van der Waals surface area contributed by atoms with E-state index in [-0.39, 0.29) is 11.6 Å². The molecule has 29 heavy (non-hydrogen) atoms. The number of methoxy groups -OCH3 is 1. The number of amides is 1. The summed E-state index contributed by atoms with van der Waals surface area (Å²) in [7, 11) is 1.62. The number of anilines is 4. The second-order valence-corrected chi connectivity index (χ2v) is 6.86. The number of rotatable bonds is 6. The average Bonchev–Trinajstić information content (AvgIpc) is 3.30. The fraction of sp³-hybridized carbons (Fsp3) is 0.227. The van der Waals surface area contributed by atoms with Crippen LogP contribution in [0.4, 0.5) is 22.9 Å². The van der Waals surface area contributed by atoms with Crippen molar-refractivity contribution in [3.05, 3.63) is 66.4 Å². The van der Waals surface area contributed by atoms with Crippen molar-refractivity contribution in [2.75, 3.05) is 35.7 Å². The first-order valence-corrected chi connectivity index (χ1v) is 9.62. The van der Waals surface area contributed by atoms with E-state index < -0.39 is 0 Å². The van der Waals surface area contributed by atoms with Crippen molar-refractivity contribution in [1.29, 1.82) is 0 Å². The Hall–Kier alpha value is -3.61. The number of carbonyl (C=O) groups is 1. The molecule has 7 nitrogen and oxygen atoms in total. The molecule has 1 saturated heterocycles. The monoisotopic (exact) mass is 389 g/mol. The highest BCUT2D eigenvalue weighted by Gasteiger charge is 2.13. The number of nitrogens with one attached hydrogen (secondary N) is 2. The molecule has 1 aliphatic rings. The average molecular weight is 389 g/mol. The van der Waals surface area contributed by atoms with Gasteiger partial charge in [-0.1, -0.05) is 6.07 Å². The largest absolute Gasteiger partial charge is 0.497 e. The van der Waals surface area contributed by atoms with E-state index in [1.807, 2.05) is 48.5 Å². The number of aromatic nitrogens is 2. The molecule has 2 heterocycles. The molecule has 148 valence electrons. The van der Waals surface area contributed by atoms with E-state index in [1.165, 1.54) is 18.5 Å². The highest BCUT2D eigenvalue weighted by molar-refractivity contribution is 6.02. The normalized spacial score (nSPS) is 13.2. The number of carbonyl (C=O) groups excluding carboxylic acids is 1. The Morgan fingerprint density at radius 3 is 2.45 bits per heavy atom. The number of hydrogen-bond acceptors (Lipinski definition) is 6. The zero-order valence-electron chi connectivity index (χ0n) is 16.3. The summed E-state index contributed by atoms with van der Waals surface area (Å²) in [6.07, 6.45) is 2.47. The Morgan fingerprint density at radius 1 is 0.966 bits per heavy atom. The fourth-order valence-electron chi connectivity index (χ4n) is 3.29. The molecule has 3 aromatic rings. The van der Waals surface area contributed by atoms with Gasteiger partial charge in [-0.15, -0.1) is 10.2 Å². The van der Waals surface area contributed by atoms with E-state index in [0.717, 1.165) is 30.2 Å². The lowest BCUT2D eigenvalue weighted by Gasteiger charge is -2.17. The predicted molar refractivity (Wildman–Crippen MR) is 114 cm³/mol. The molecule has 0 unspecified atom stereocenters. The second-order valence-electron chi connectivity index (χ2n) is 6.86. The maximum atomic E-state index is 12.4. The molecule has 0 saturated carbocycles. The molecule has 0 spiro atoms. The minimum Gasteiger partial charge on any atom is -0.497 e. The third-order valence-corrected chi connectivity index (χ3v) is 4.84. The van der Waals surface area contributed by atoms with Crippen molar-refractivity contribution >= 4 is 28.8 Å². The van der Waals surface area contributed by atoms with Gasteiger partial charge in [-0.2, -0.15) is 0 Å². The molecule has 2 N–H and O–H groups in total. The summed E-state index contributed by atoms with van der Waals surface area (Å²) in [6.45, 7) is 2.19. The molecule has 0 radical (unpaired) electrons. The Morgan fingerprint density at radius 2 is 1.76 bits per heavy atom. The van der Waals surface area contributed by atoms with Crippen LogP contribution < -0.4 is 20.3 Å². The van der Waals surface area contributed by atoms with Gasteiger partial charge in [0, 0.05) is 36.2 Å². The summed E-state index contributed by atoms with van der Waals surface area (Å²) in [5.41, 5.74) is 3.00. The zero-order valence-corrected chi connectivity index (χ0v) is 16.3. The second kappa shape index (κ2) is 8.60. The van der Waals surface area contributed by atoms with Crippen molar-refractivity contribution in [3.63, 3.8) is 0 Å². The maximum absolute atomic E-state index is 12.4. The van der Waals surface area contributed by atoms with Crippen molar-refractivity contribution in [1.82, 2.24) is 10.2 Å². The molecule has 0 aliphatic carbocycles. The molecule has 1 fully saturated rings. The topological polar surface area (TPSA) is 79.4 Å². The van der Waals surface area contributed by atoms with Crippen LogP contribution in [-0.4, -0.2) is 36.3 Å². The van der Waals surface area contributed by atoms with Crippen LogP contribution in [0, 0.1) is 0 Å². The summed E-state index contributed by atoms with van der Waals surface area (Å²) < 4.78 is 5.20. The Labute approximate surface area is 169 Å². The third kappa shape index (κ3) is 4.63. The minimum atomic E-state index is -0.292. The Balaban J connectivity index is 1.37. The smallest absolute Gasteiger partial charge is 0.276 e. The summed E-state index contributed by atoms with van der Waals surface area (Å²) in [4.78, 5) is 14.8. The van der Waals surface area contributed by atoms with Crippen molar-refractivity contribution < 1.29 is 9.53 Å². The molecule has 4 rings (SSSR count). The van der Waals surface area contributed by atoms with E-state index in [9.17, 15) is 4.79 Å². The number of hydrogen-bond donors (Lipinski definition) is 2. The van der Waals surface area contributed by atoms with Gasteiger partial charge in [-0.05, 0) is 61.4 Å². The summed E-state index contributed by atoms with van der Waals surface area (Å²) in [5.74, 6) is 0.999. The maximum Gasteiger partial charge on any atom is 0.276 e. The molecule has 0 atom stereocenters. The van der Waals surface area contributed by atoms with Crippen LogP contribution in [0.15, 0.2) is 60.7 Å².